The minimum absolute atomic E-state index is 0.118. The topological polar surface area (TPSA) is 89.4 Å². The van der Waals surface area contributed by atoms with Crippen LogP contribution in [-0.4, -0.2) is 27.0 Å². The number of hydrogen-bond acceptors (Lipinski definition) is 5. The highest BCUT2D eigenvalue weighted by Crippen LogP contribution is 2.27. The number of carbonyl (C=O) groups excluding carboxylic acids is 1. The Morgan fingerprint density at radius 1 is 0.800 bits per heavy atom. The van der Waals surface area contributed by atoms with Crippen LogP contribution in [0.1, 0.15) is 107 Å². The van der Waals surface area contributed by atoms with Gasteiger partial charge in [0.05, 0.1) is 22.1 Å². The number of carbonyl (C=O) groups is 2. The third-order valence-electron chi connectivity index (χ3n) is 6.41. The van der Waals surface area contributed by atoms with Gasteiger partial charge in [0.15, 0.2) is 0 Å². The average Bonchev–Trinajstić information content (AvgIpc) is 2.82. The zero-order valence-corrected chi connectivity index (χ0v) is 21.3. The Balaban J connectivity index is 1.49. The molecule has 0 aliphatic rings. The fourth-order valence-corrected chi connectivity index (χ4v) is 4.44. The second-order valence-electron chi connectivity index (χ2n) is 9.81. The molecule has 1 aromatic heterocycles. The van der Waals surface area contributed by atoms with E-state index in [1.807, 2.05) is 19.1 Å². The molecule has 0 amide bonds. The van der Waals surface area contributed by atoms with Crippen LogP contribution in [0.15, 0.2) is 36.4 Å². The summed E-state index contributed by atoms with van der Waals surface area (Å²) in [5, 5.41) is 9.45. The highest BCUT2D eigenvalue weighted by Gasteiger charge is 2.18. The normalized spacial score (nSPS) is 12.3. The molecule has 6 nitrogen and oxygen atoms in total. The van der Waals surface area contributed by atoms with Crippen LogP contribution in [0.5, 0.6) is 0 Å². The van der Waals surface area contributed by atoms with Gasteiger partial charge in [-0.3, -0.25) is 4.79 Å². The SMILES string of the molecule is CC(C)CCCCCCCCCCC(=O)OC(C)c1cccc2nc3c(C(=O)O)cccc3nc12. The van der Waals surface area contributed by atoms with Gasteiger partial charge in [0.2, 0.25) is 0 Å². The third-order valence-corrected chi connectivity index (χ3v) is 6.41. The molecular weight excluding hydrogens is 440 g/mol. The zero-order valence-electron chi connectivity index (χ0n) is 21.3. The molecule has 0 saturated heterocycles. The van der Waals surface area contributed by atoms with Crippen molar-refractivity contribution in [2.45, 2.75) is 91.1 Å². The minimum atomic E-state index is -1.04. The number of para-hydroxylation sites is 2. The van der Waals surface area contributed by atoms with Crippen LogP contribution < -0.4 is 0 Å². The van der Waals surface area contributed by atoms with Crippen LogP contribution in [-0.2, 0) is 9.53 Å². The highest BCUT2D eigenvalue weighted by molar-refractivity contribution is 6.02. The Bertz CT molecular complexity index is 1140. The van der Waals surface area contributed by atoms with Crippen molar-refractivity contribution in [1.29, 1.82) is 0 Å². The summed E-state index contributed by atoms with van der Waals surface area (Å²) in [4.78, 5) is 33.2. The van der Waals surface area contributed by atoms with Crippen molar-refractivity contribution in [3.05, 3.63) is 47.5 Å². The number of nitrogens with zero attached hydrogens (tertiary/aromatic N) is 2. The van der Waals surface area contributed by atoms with Gasteiger partial charge in [-0.2, -0.15) is 0 Å². The van der Waals surface area contributed by atoms with Crippen LogP contribution in [0.3, 0.4) is 0 Å². The van der Waals surface area contributed by atoms with Crippen LogP contribution in [0.4, 0.5) is 0 Å². The number of unbranched alkanes of at least 4 members (excludes halogenated alkanes) is 7. The molecule has 0 radical (unpaired) electrons. The van der Waals surface area contributed by atoms with Gasteiger partial charge in [-0.1, -0.05) is 83.4 Å². The number of aromatic carboxylic acids is 1. The summed E-state index contributed by atoms with van der Waals surface area (Å²) < 4.78 is 5.71. The van der Waals surface area contributed by atoms with E-state index in [9.17, 15) is 14.7 Å². The van der Waals surface area contributed by atoms with Gasteiger partial charge in [0.1, 0.15) is 11.6 Å². The molecule has 0 aliphatic carbocycles. The zero-order chi connectivity index (χ0) is 25.2. The summed E-state index contributed by atoms with van der Waals surface area (Å²) in [5.41, 5.74) is 2.94. The summed E-state index contributed by atoms with van der Waals surface area (Å²) in [6.45, 7) is 6.40. The van der Waals surface area contributed by atoms with Crippen molar-refractivity contribution in [1.82, 2.24) is 9.97 Å². The molecule has 3 rings (SSSR count). The molecule has 3 aromatic rings. The lowest BCUT2D eigenvalue weighted by Gasteiger charge is -2.15. The van der Waals surface area contributed by atoms with Crippen molar-refractivity contribution in [3.8, 4) is 0 Å². The fourth-order valence-electron chi connectivity index (χ4n) is 4.44. The number of benzene rings is 2. The molecule has 0 aliphatic heterocycles. The van der Waals surface area contributed by atoms with Gasteiger partial charge >= 0.3 is 11.9 Å². The number of fused-ring (bicyclic) bond motifs is 2. The molecule has 35 heavy (non-hydrogen) atoms. The number of esters is 1. The molecule has 1 N–H and O–H groups in total. The van der Waals surface area contributed by atoms with E-state index in [-0.39, 0.29) is 11.5 Å². The van der Waals surface area contributed by atoms with Crippen LogP contribution in [0, 0.1) is 5.92 Å². The standard InChI is InChI=1S/C29H38N2O4/c1-20(2)14-10-8-6-4-5-7-9-11-19-26(32)35-21(3)22-15-12-17-24-27(22)30-25-18-13-16-23(29(33)34)28(25)31-24/h12-13,15-18,20-21H,4-11,14,19H2,1-3H3,(H,33,34). The van der Waals surface area contributed by atoms with E-state index < -0.39 is 12.1 Å². The molecule has 2 aromatic carbocycles. The maximum atomic E-state index is 12.4. The van der Waals surface area contributed by atoms with E-state index in [1.54, 1.807) is 18.2 Å². The first-order valence-corrected chi connectivity index (χ1v) is 13.0. The van der Waals surface area contributed by atoms with E-state index >= 15 is 0 Å². The van der Waals surface area contributed by atoms with Gasteiger partial charge in [0, 0.05) is 12.0 Å². The second kappa shape index (κ2) is 13.2. The summed E-state index contributed by atoms with van der Waals surface area (Å²) in [5.74, 6) is -0.438. The fraction of sp³-hybridized carbons (Fsp3) is 0.517. The highest BCUT2D eigenvalue weighted by atomic mass is 16.5. The first-order chi connectivity index (χ1) is 16.9. The quantitative estimate of drug-likeness (QED) is 0.145. The predicted octanol–water partition coefficient (Wildman–Crippen LogP) is 7.64. The molecule has 0 bridgehead atoms. The second-order valence-corrected chi connectivity index (χ2v) is 9.81. The molecule has 1 heterocycles. The number of aromatic nitrogens is 2. The Labute approximate surface area is 208 Å². The van der Waals surface area contributed by atoms with Gasteiger partial charge in [-0.15, -0.1) is 0 Å². The lowest BCUT2D eigenvalue weighted by molar-refractivity contribution is -0.148. The smallest absolute Gasteiger partial charge is 0.337 e. The number of rotatable bonds is 14. The van der Waals surface area contributed by atoms with Crippen molar-refractivity contribution in [3.63, 3.8) is 0 Å². The molecule has 188 valence electrons. The Hall–Kier alpha value is -3.02. The lowest BCUT2D eigenvalue weighted by Crippen LogP contribution is -2.10. The van der Waals surface area contributed by atoms with Gasteiger partial charge in [-0.05, 0) is 37.5 Å². The summed E-state index contributed by atoms with van der Waals surface area (Å²) in [6.07, 6.45) is 10.8. The Morgan fingerprint density at radius 2 is 1.37 bits per heavy atom. The molecule has 0 saturated carbocycles. The summed E-state index contributed by atoms with van der Waals surface area (Å²) in [7, 11) is 0. The molecule has 6 heteroatoms. The van der Waals surface area contributed by atoms with Crippen molar-refractivity contribution < 1.29 is 19.4 Å². The number of hydrogen-bond donors (Lipinski definition) is 1. The first kappa shape index (κ1) is 26.6. The molecule has 0 spiro atoms. The molecule has 0 fully saturated rings. The van der Waals surface area contributed by atoms with Crippen LogP contribution in [0.25, 0.3) is 22.1 Å². The van der Waals surface area contributed by atoms with E-state index in [2.05, 4.69) is 23.8 Å². The van der Waals surface area contributed by atoms with E-state index in [0.717, 1.165) is 30.7 Å². The minimum Gasteiger partial charge on any atom is -0.478 e. The summed E-state index contributed by atoms with van der Waals surface area (Å²) in [6, 6.07) is 10.4. The van der Waals surface area contributed by atoms with E-state index in [4.69, 9.17) is 4.74 Å². The monoisotopic (exact) mass is 478 g/mol. The van der Waals surface area contributed by atoms with Gasteiger partial charge in [0.25, 0.3) is 0 Å². The Morgan fingerprint density at radius 3 is 2.03 bits per heavy atom. The largest absolute Gasteiger partial charge is 0.478 e. The maximum absolute atomic E-state index is 12.4. The number of carboxylic acid groups (broad SMARTS) is 1. The van der Waals surface area contributed by atoms with Crippen LogP contribution in [0.2, 0.25) is 0 Å². The van der Waals surface area contributed by atoms with Gasteiger partial charge in [-0.25, -0.2) is 14.8 Å². The van der Waals surface area contributed by atoms with E-state index in [1.165, 1.54) is 44.6 Å². The average molecular weight is 479 g/mol. The summed E-state index contributed by atoms with van der Waals surface area (Å²) >= 11 is 0. The number of ether oxygens (including phenoxy) is 1. The maximum Gasteiger partial charge on any atom is 0.337 e. The van der Waals surface area contributed by atoms with E-state index in [0.29, 0.717) is 28.5 Å². The van der Waals surface area contributed by atoms with Crippen molar-refractivity contribution >= 4 is 34.0 Å². The molecular formula is C29H38N2O4. The third kappa shape index (κ3) is 7.74. The molecule has 1 unspecified atom stereocenters. The van der Waals surface area contributed by atoms with Crippen molar-refractivity contribution in [2.75, 3.05) is 0 Å². The number of carboxylic acids is 1. The Kier molecular flexibility index (Phi) is 10.0. The predicted molar refractivity (Wildman–Crippen MR) is 140 cm³/mol. The molecule has 1 atom stereocenters. The van der Waals surface area contributed by atoms with Crippen molar-refractivity contribution in [2.24, 2.45) is 5.92 Å². The van der Waals surface area contributed by atoms with Crippen LogP contribution >= 0.6 is 0 Å². The van der Waals surface area contributed by atoms with Gasteiger partial charge < -0.3 is 9.84 Å². The first-order valence-electron chi connectivity index (χ1n) is 13.0. The lowest BCUT2D eigenvalue weighted by atomic mass is 10.0.